The monoisotopic (exact) mass is 243 g/mol. The van der Waals surface area contributed by atoms with Gasteiger partial charge in [0.05, 0.1) is 5.56 Å². The molecule has 0 aliphatic rings. The van der Waals surface area contributed by atoms with E-state index in [2.05, 4.69) is 10.3 Å². The predicted octanol–water partition coefficient (Wildman–Crippen LogP) is 1.04. The largest absolute Gasteiger partial charge is 0.342 e. The van der Waals surface area contributed by atoms with Crippen LogP contribution in [0.3, 0.4) is 0 Å². The van der Waals surface area contributed by atoms with Gasteiger partial charge in [0.2, 0.25) is 5.95 Å². The summed E-state index contributed by atoms with van der Waals surface area (Å²) in [4.78, 5) is 16.3. The third kappa shape index (κ3) is 3.45. The van der Waals surface area contributed by atoms with Crippen LogP contribution in [-0.4, -0.2) is 43.0 Å². The minimum Gasteiger partial charge on any atom is -0.342 e. The van der Waals surface area contributed by atoms with E-state index in [1.807, 2.05) is 0 Å². The molecule has 4 nitrogen and oxygen atoms in total. The summed E-state index contributed by atoms with van der Waals surface area (Å²) >= 11 is 0. The van der Waals surface area contributed by atoms with E-state index in [0.717, 1.165) is 19.2 Å². The van der Waals surface area contributed by atoms with E-state index in [1.54, 1.807) is 14.1 Å². The van der Waals surface area contributed by atoms with Crippen molar-refractivity contribution in [2.75, 3.05) is 27.2 Å². The molecule has 0 radical (unpaired) electrons. The van der Waals surface area contributed by atoms with Crippen LogP contribution in [0.25, 0.3) is 0 Å². The first-order chi connectivity index (χ1) is 8.07. The molecule has 0 unspecified atom stereocenters. The molecule has 17 heavy (non-hydrogen) atoms. The highest BCUT2D eigenvalue weighted by Gasteiger charge is 2.18. The molecule has 94 valence electrons. The maximum absolute atomic E-state index is 13.3. The fourth-order valence-corrected chi connectivity index (χ4v) is 1.38. The third-order valence-corrected chi connectivity index (χ3v) is 2.34. The molecule has 0 bridgehead atoms. The number of aromatic nitrogens is 1. The van der Waals surface area contributed by atoms with Crippen LogP contribution in [0.1, 0.15) is 16.8 Å². The van der Waals surface area contributed by atoms with Crippen molar-refractivity contribution in [3.05, 3.63) is 29.6 Å². The zero-order valence-electron chi connectivity index (χ0n) is 9.83. The van der Waals surface area contributed by atoms with E-state index in [-0.39, 0.29) is 5.56 Å². The molecular weight excluding hydrogens is 228 g/mol. The number of pyridine rings is 1. The van der Waals surface area contributed by atoms with Gasteiger partial charge in [-0.2, -0.15) is 4.39 Å². The van der Waals surface area contributed by atoms with E-state index in [4.69, 9.17) is 0 Å². The number of rotatable bonds is 5. The first kappa shape index (κ1) is 13.5. The fourth-order valence-electron chi connectivity index (χ4n) is 1.38. The average molecular weight is 243 g/mol. The zero-order valence-corrected chi connectivity index (χ0v) is 9.83. The Morgan fingerprint density at radius 3 is 2.88 bits per heavy atom. The molecule has 1 aromatic rings. The SMILES string of the molecule is CNCCCN(C)C(=O)c1ccnc(F)c1F. The Morgan fingerprint density at radius 2 is 2.24 bits per heavy atom. The molecule has 6 heteroatoms. The Balaban J connectivity index is 2.71. The molecule has 0 spiro atoms. The summed E-state index contributed by atoms with van der Waals surface area (Å²) in [5, 5.41) is 2.94. The van der Waals surface area contributed by atoms with E-state index < -0.39 is 17.7 Å². The summed E-state index contributed by atoms with van der Waals surface area (Å²) in [6.07, 6.45) is 1.82. The quantitative estimate of drug-likeness (QED) is 0.621. The van der Waals surface area contributed by atoms with Crippen molar-refractivity contribution in [1.82, 2.24) is 15.2 Å². The Morgan fingerprint density at radius 1 is 1.53 bits per heavy atom. The molecule has 0 fully saturated rings. The van der Waals surface area contributed by atoms with Crippen LogP contribution < -0.4 is 5.32 Å². The molecule has 1 rings (SSSR count). The van der Waals surface area contributed by atoms with Gasteiger partial charge in [0.15, 0.2) is 5.82 Å². The highest BCUT2D eigenvalue weighted by molar-refractivity contribution is 5.94. The van der Waals surface area contributed by atoms with Crippen LogP contribution in [0.4, 0.5) is 8.78 Å². The Kier molecular flexibility index (Phi) is 4.96. The maximum atomic E-state index is 13.3. The molecular formula is C11H15F2N3O. The molecule has 1 aromatic heterocycles. The van der Waals surface area contributed by atoms with Gasteiger partial charge in [-0.3, -0.25) is 4.79 Å². The lowest BCUT2D eigenvalue weighted by atomic mass is 10.2. The van der Waals surface area contributed by atoms with E-state index in [9.17, 15) is 13.6 Å². The third-order valence-electron chi connectivity index (χ3n) is 2.34. The van der Waals surface area contributed by atoms with Gasteiger partial charge in [-0.1, -0.05) is 0 Å². The van der Waals surface area contributed by atoms with E-state index in [0.29, 0.717) is 6.54 Å². The van der Waals surface area contributed by atoms with Crippen LogP contribution in [0, 0.1) is 11.8 Å². The topological polar surface area (TPSA) is 45.2 Å². The number of amides is 1. The van der Waals surface area contributed by atoms with Gasteiger partial charge in [-0.15, -0.1) is 0 Å². The minimum atomic E-state index is -1.25. The van der Waals surface area contributed by atoms with Crippen LogP contribution in [-0.2, 0) is 0 Å². The number of halogens is 2. The van der Waals surface area contributed by atoms with Gasteiger partial charge in [0.1, 0.15) is 0 Å². The second-order valence-corrected chi connectivity index (χ2v) is 3.65. The van der Waals surface area contributed by atoms with Gasteiger partial charge in [0.25, 0.3) is 5.91 Å². The summed E-state index contributed by atoms with van der Waals surface area (Å²) in [6.45, 7) is 1.23. The second kappa shape index (κ2) is 6.24. The number of carbonyl (C=O) groups excluding carboxylic acids is 1. The Labute approximate surface area is 98.6 Å². The highest BCUT2D eigenvalue weighted by Crippen LogP contribution is 2.11. The lowest BCUT2D eigenvalue weighted by Crippen LogP contribution is -2.30. The number of nitrogens with one attached hydrogen (secondary N) is 1. The predicted molar refractivity (Wildman–Crippen MR) is 59.7 cm³/mol. The van der Waals surface area contributed by atoms with Gasteiger partial charge in [0, 0.05) is 19.8 Å². The van der Waals surface area contributed by atoms with Gasteiger partial charge < -0.3 is 10.2 Å². The summed E-state index contributed by atoms with van der Waals surface area (Å²) in [6, 6.07) is 1.18. The lowest BCUT2D eigenvalue weighted by molar-refractivity contribution is 0.0787. The molecule has 1 heterocycles. The van der Waals surface area contributed by atoms with Crippen molar-refractivity contribution >= 4 is 5.91 Å². The summed E-state index contributed by atoms with van der Waals surface area (Å²) in [5.74, 6) is -2.99. The summed E-state index contributed by atoms with van der Waals surface area (Å²) in [7, 11) is 3.36. The Hall–Kier alpha value is -1.56. The Bertz CT molecular complexity index is 398. The summed E-state index contributed by atoms with van der Waals surface area (Å²) < 4.78 is 26.1. The van der Waals surface area contributed by atoms with Crippen molar-refractivity contribution < 1.29 is 13.6 Å². The molecule has 0 atom stereocenters. The maximum Gasteiger partial charge on any atom is 0.256 e. The highest BCUT2D eigenvalue weighted by atomic mass is 19.2. The number of hydrogen-bond acceptors (Lipinski definition) is 3. The van der Waals surface area contributed by atoms with Crippen molar-refractivity contribution in [1.29, 1.82) is 0 Å². The van der Waals surface area contributed by atoms with Gasteiger partial charge in [-0.05, 0) is 26.1 Å². The lowest BCUT2D eigenvalue weighted by Gasteiger charge is -2.17. The van der Waals surface area contributed by atoms with Gasteiger partial charge >= 0.3 is 0 Å². The molecule has 0 aliphatic carbocycles. The van der Waals surface area contributed by atoms with Crippen molar-refractivity contribution in [3.63, 3.8) is 0 Å². The number of carbonyl (C=O) groups is 1. The minimum absolute atomic E-state index is 0.288. The molecule has 0 saturated carbocycles. The molecule has 1 amide bonds. The number of hydrogen-bond donors (Lipinski definition) is 1. The summed E-state index contributed by atoms with van der Waals surface area (Å²) in [5.41, 5.74) is -0.288. The van der Waals surface area contributed by atoms with Crippen molar-refractivity contribution in [2.24, 2.45) is 0 Å². The van der Waals surface area contributed by atoms with Crippen molar-refractivity contribution in [2.45, 2.75) is 6.42 Å². The van der Waals surface area contributed by atoms with Crippen LogP contribution in [0.5, 0.6) is 0 Å². The van der Waals surface area contributed by atoms with Crippen LogP contribution in [0.15, 0.2) is 12.3 Å². The molecule has 0 saturated heterocycles. The average Bonchev–Trinajstić information content (AvgIpc) is 2.32. The van der Waals surface area contributed by atoms with E-state index >= 15 is 0 Å². The van der Waals surface area contributed by atoms with Gasteiger partial charge in [-0.25, -0.2) is 9.37 Å². The van der Waals surface area contributed by atoms with Crippen molar-refractivity contribution in [3.8, 4) is 0 Å². The van der Waals surface area contributed by atoms with Crippen LogP contribution in [0.2, 0.25) is 0 Å². The van der Waals surface area contributed by atoms with Crippen LogP contribution >= 0.6 is 0 Å². The molecule has 0 aliphatic heterocycles. The first-order valence-corrected chi connectivity index (χ1v) is 5.28. The molecule has 1 N–H and O–H groups in total. The first-order valence-electron chi connectivity index (χ1n) is 5.28. The fraction of sp³-hybridized carbons (Fsp3) is 0.455. The number of nitrogens with zero attached hydrogens (tertiary/aromatic N) is 2. The molecule has 0 aromatic carbocycles. The normalized spacial score (nSPS) is 10.4. The smallest absolute Gasteiger partial charge is 0.256 e. The zero-order chi connectivity index (χ0) is 12.8. The van der Waals surface area contributed by atoms with E-state index in [1.165, 1.54) is 11.0 Å². The second-order valence-electron chi connectivity index (χ2n) is 3.65. The standard InChI is InChI=1S/C11H15F2N3O/c1-14-5-3-7-16(2)11(17)8-4-6-15-10(13)9(8)12/h4,6,14H,3,5,7H2,1-2H3.